The zero-order valence-electron chi connectivity index (χ0n) is 20.1. The zero-order valence-corrected chi connectivity index (χ0v) is 20.1. The minimum atomic E-state index is -0.319. The van der Waals surface area contributed by atoms with Crippen LogP contribution in [0, 0.1) is 0 Å². The Morgan fingerprint density at radius 1 is 1.18 bits per heavy atom. The van der Waals surface area contributed by atoms with Gasteiger partial charge in [-0.3, -0.25) is 9.59 Å². The average molecular weight is 468 g/mol. The molecule has 9 nitrogen and oxygen atoms in total. The molecule has 1 aromatic heterocycles. The maximum atomic E-state index is 12.9. The summed E-state index contributed by atoms with van der Waals surface area (Å²) in [5, 5.41) is 0.375. The van der Waals surface area contributed by atoms with Crippen LogP contribution in [-0.2, 0) is 17.8 Å². The highest BCUT2D eigenvalue weighted by Gasteiger charge is 2.32. The number of carbonyl (C=O) groups is 1. The Morgan fingerprint density at radius 2 is 1.91 bits per heavy atom. The van der Waals surface area contributed by atoms with Crippen LogP contribution in [0.15, 0.2) is 35.1 Å². The van der Waals surface area contributed by atoms with Crippen LogP contribution in [0.1, 0.15) is 32.2 Å². The molecule has 0 spiro atoms. The number of H-pyrrole nitrogens is 1. The maximum Gasteiger partial charge on any atom is 0.260 e. The molecule has 1 amide bonds. The van der Waals surface area contributed by atoms with Crippen molar-refractivity contribution in [3.63, 3.8) is 0 Å². The number of carbonyl (C=O) groups excluding carboxylic acids is 1. The molecule has 0 atom stereocenters. The van der Waals surface area contributed by atoms with Crippen molar-refractivity contribution in [3.05, 3.63) is 52.1 Å². The largest absolute Gasteiger partial charge is 0.493 e. The fraction of sp³-hybridized carbons (Fsp3) is 0.400. The first-order valence-electron chi connectivity index (χ1n) is 11.1. The number of nitrogens with zero attached hydrogens (tertiary/aromatic N) is 2. The molecule has 1 N–H and O–H groups in total. The number of hydrogen-bond acceptors (Lipinski definition) is 7. The molecule has 0 saturated carbocycles. The van der Waals surface area contributed by atoms with Crippen molar-refractivity contribution in [1.82, 2.24) is 14.9 Å². The molecule has 9 heteroatoms. The third kappa shape index (κ3) is 4.64. The summed E-state index contributed by atoms with van der Waals surface area (Å²) in [4.78, 5) is 34.4. The number of ether oxygens (including phenoxy) is 4. The van der Waals surface area contributed by atoms with Gasteiger partial charge >= 0.3 is 0 Å². The van der Waals surface area contributed by atoms with Crippen molar-refractivity contribution < 1.29 is 23.7 Å². The van der Waals surface area contributed by atoms with E-state index >= 15 is 0 Å². The molecule has 2 aromatic carbocycles. The van der Waals surface area contributed by atoms with Gasteiger partial charge in [0, 0.05) is 24.6 Å². The van der Waals surface area contributed by atoms with Crippen LogP contribution >= 0.6 is 0 Å². The van der Waals surface area contributed by atoms with E-state index < -0.39 is 0 Å². The number of rotatable bonds is 8. The number of aromatic amines is 1. The van der Waals surface area contributed by atoms with E-state index in [9.17, 15) is 9.59 Å². The molecule has 0 radical (unpaired) electrons. The van der Waals surface area contributed by atoms with Crippen LogP contribution in [0.5, 0.6) is 23.0 Å². The quantitative estimate of drug-likeness (QED) is 0.543. The van der Waals surface area contributed by atoms with E-state index in [1.807, 2.05) is 32.9 Å². The number of methoxy groups -OCH3 is 2. The summed E-state index contributed by atoms with van der Waals surface area (Å²) < 4.78 is 22.4. The summed E-state index contributed by atoms with van der Waals surface area (Å²) >= 11 is 0. The minimum absolute atomic E-state index is 0.134. The predicted molar refractivity (Wildman–Crippen MR) is 127 cm³/mol. The van der Waals surface area contributed by atoms with Gasteiger partial charge in [0.2, 0.25) is 0 Å². The lowest BCUT2D eigenvalue weighted by Crippen LogP contribution is -2.35. The second kappa shape index (κ2) is 9.24. The smallest absolute Gasteiger partial charge is 0.260 e. The number of hydrogen-bond donors (Lipinski definition) is 1. The second-order valence-electron chi connectivity index (χ2n) is 8.72. The Balaban J connectivity index is 1.50. The van der Waals surface area contributed by atoms with E-state index in [1.54, 1.807) is 23.1 Å². The lowest BCUT2D eigenvalue weighted by molar-refractivity contribution is -0.133. The van der Waals surface area contributed by atoms with Crippen molar-refractivity contribution in [2.24, 2.45) is 0 Å². The van der Waals surface area contributed by atoms with Crippen molar-refractivity contribution in [2.75, 3.05) is 27.4 Å². The van der Waals surface area contributed by atoms with Gasteiger partial charge in [-0.25, -0.2) is 4.98 Å². The van der Waals surface area contributed by atoms with Gasteiger partial charge < -0.3 is 28.8 Å². The summed E-state index contributed by atoms with van der Waals surface area (Å²) in [5.74, 6) is 2.28. The summed E-state index contributed by atoms with van der Waals surface area (Å²) in [6.45, 7) is 6.29. The fourth-order valence-electron chi connectivity index (χ4n) is 4.08. The van der Waals surface area contributed by atoms with Crippen molar-refractivity contribution >= 4 is 16.8 Å². The van der Waals surface area contributed by atoms with Gasteiger partial charge in [0.05, 0.1) is 31.7 Å². The predicted octanol–water partition coefficient (Wildman–Crippen LogP) is 3.08. The fourth-order valence-corrected chi connectivity index (χ4v) is 4.08. The third-order valence-corrected chi connectivity index (χ3v) is 5.74. The lowest BCUT2D eigenvalue weighted by atomic mass is 10.0. The molecule has 1 aliphatic heterocycles. The Kier molecular flexibility index (Phi) is 6.37. The van der Waals surface area contributed by atoms with E-state index in [0.717, 1.165) is 12.0 Å². The van der Waals surface area contributed by atoms with Gasteiger partial charge in [-0.05, 0) is 32.9 Å². The number of benzene rings is 2. The SMILES string of the molecule is CCN(Cc1nc2cc(OC)c(OC)cc2c(=O)[nH]1)C(=O)COc1cccc2c1OC(C)(C)C2. The number of likely N-dealkylation sites (N-methyl/N-ethyl adjacent to an activating group) is 1. The Bertz CT molecular complexity index is 1280. The molecule has 180 valence electrons. The molecule has 0 saturated heterocycles. The van der Waals surface area contributed by atoms with Crippen molar-refractivity contribution in [2.45, 2.75) is 39.3 Å². The van der Waals surface area contributed by atoms with E-state index in [1.165, 1.54) is 14.2 Å². The van der Waals surface area contributed by atoms with Gasteiger partial charge in [0.1, 0.15) is 11.4 Å². The number of nitrogens with one attached hydrogen (secondary N) is 1. The first kappa shape index (κ1) is 23.4. The number of aromatic nitrogens is 2. The molecule has 0 unspecified atom stereocenters. The van der Waals surface area contributed by atoms with Crippen LogP contribution in [0.3, 0.4) is 0 Å². The van der Waals surface area contributed by atoms with E-state index in [-0.39, 0.29) is 30.2 Å². The Hall–Kier alpha value is -3.75. The standard InChI is InChI=1S/C25H29N3O6/c1-6-28(22(29)14-33-18-9-7-8-15-12-25(2,3)34-23(15)18)13-21-26-17-11-20(32-5)19(31-4)10-16(17)24(30)27-21/h7-11H,6,12-14H2,1-5H3,(H,26,27,30). The number of fused-ring (bicyclic) bond motifs is 2. The van der Waals surface area contributed by atoms with Crippen LogP contribution in [0.25, 0.3) is 10.9 Å². The molecule has 2 heterocycles. The number of amides is 1. The second-order valence-corrected chi connectivity index (χ2v) is 8.72. The Labute approximate surface area is 197 Å². The summed E-state index contributed by atoms with van der Waals surface area (Å²) in [6.07, 6.45) is 0.784. The van der Waals surface area contributed by atoms with Gasteiger partial charge in [0.15, 0.2) is 29.6 Å². The van der Waals surface area contributed by atoms with Crippen LogP contribution < -0.4 is 24.5 Å². The van der Waals surface area contributed by atoms with Gasteiger partial charge in [-0.15, -0.1) is 0 Å². The highest BCUT2D eigenvalue weighted by molar-refractivity contribution is 5.82. The summed E-state index contributed by atoms with van der Waals surface area (Å²) in [7, 11) is 3.02. The molecule has 0 bridgehead atoms. The molecular formula is C25H29N3O6. The first-order chi connectivity index (χ1) is 16.2. The van der Waals surface area contributed by atoms with Crippen LogP contribution in [0.4, 0.5) is 0 Å². The van der Waals surface area contributed by atoms with E-state index in [4.69, 9.17) is 18.9 Å². The minimum Gasteiger partial charge on any atom is -0.493 e. The summed E-state index contributed by atoms with van der Waals surface area (Å²) in [6, 6.07) is 8.93. The van der Waals surface area contributed by atoms with Gasteiger partial charge in [-0.2, -0.15) is 0 Å². The molecule has 0 fully saturated rings. The number of para-hydroxylation sites is 1. The molecular weight excluding hydrogens is 438 g/mol. The van der Waals surface area contributed by atoms with Crippen LogP contribution in [-0.4, -0.2) is 53.7 Å². The van der Waals surface area contributed by atoms with Crippen molar-refractivity contribution in [1.29, 1.82) is 0 Å². The summed E-state index contributed by atoms with van der Waals surface area (Å²) in [5.41, 5.74) is 0.894. The average Bonchev–Trinajstić information content (AvgIpc) is 3.14. The molecule has 34 heavy (non-hydrogen) atoms. The van der Waals surface area contributed by atoms with E-state index in [0.29, 0.717) is 46.3 Å². The lowest BCUT2D eigenvalue weighted by Gasteiger charge is -2.21. The molecule has 1 aliphatic rings. The van der Waals surface area contributed by atoms with E-state index in [2.05, 4.69) is 9.97 Å². The molecule has 3 aromatic rings. The highest BCUT2D eigenvalue weighted by atomic mass is 16.5. The van der Waals surface area contributed by atoms with Gasteiger partial charge in [-0.1, -0.05) is 12.1 Å². The Morgan fingerprint density at radius 3 is 2.62 bits per heavy atom. The molecule has 4 rings (SSSR count). The normalized spacial score (nSPS) is 13.8. The molecule has 0 aliphatic carbocycles. The third-order valence-electron chi connectivity index (χ3n) is 5.74. The highest BCUT2D eigenvalue weighted by Crippen LogP contribution is 2.41. The first-order valence-corrected chi connectivity index (χ1v) is 11.1. The van der Waals surface area contributed by atoms with Crippen LogP contribution in [0.2, 0.25) is 0 Å². The maximum absolute atomic E-state index is 12.9. The zero-order chi connectivity index (χ0) is 24.5. The van der Waals surface area contributed by atoms with Crippen molar-refractivity contribution in [3.8, 4) is 23.0 Å². The van der Waals surface area contributed by atoms with Gasteiger partial charge in [0.25, 0.3) is 11.5 Å². The topological polar surface area (TPSA) is 103 Å². The monoisotopic (exact) mass is 467 g/mol.